The smallest absolute Gasteiger partial charge is 0.248 e. The van der Waals surface area contributed by atoms with Gasteiger partial charge in [-0.15, -0.1) is 0 Å². The molecule has 2 amide bonds. The van der Waals surface area contributed by atoms with Crippen LogP contribution in [0.2, 0.25) is 0 Å². The summed E-state index contributed by atoms with van der Waals surface area (Å²) in [6.45, 7) is 0.499. The van der Waals surface area contributed by atoms with Crippen molar-refractivity contribution in [1.29, 1.82) is 0 Å². The molecule has 0 saturated heterocycles. The molecule has 1 rings (SSSR count). The van der Waals surface area contributed by atoms with Crippen molar-refractivity contribution in [2.45, 2.75) is 6.42 Å². The molecule has 0 fully saturated rings. The van der Waals surface area contributed by atoms with E-state index in [4.69, 9.17) is 10.8 Å². The zero-order valence-electron chi connectivity index (χ0n) is 9.93. The van der Waals surface area contributed by atoms with Gasteiger partial charge in [0.2, 0.25) is 11.8 Å². The fourth-order valence-corrected chi connectivity index (χ4v) is 1.28. The van der Waals surface area contributed by atoms with Crippen molar-refractivity contribution in [2.24, 2.45) is 5.73 Å². The monoisotopic (exact) mass is 248 g/mol. The first-order chi connectivity index (χ1) is 8.63. The number of carbonyl (C=O) groups is 2. The highest BCUT2D eigenvalue weighted by Crippen LogP contribution is 2.05. The maximum absolute atomic E-state index is 11.3. The van der Waals surface area contributed by atoms with Gasteiger partial charge in [-0.1, -0.05) is 12.1 Å². The minimum Gasteiger partial charge on any atom is -0.396 e. The Bertz CT molecular complexity index is 438. The van der Waals surface area contributed by atoms with E-state index in [0.29, 0.717) is 18.5 Å². The van der Waals surface area contributed by atoms with Gasteiger partial charge in [-0.25, -0.2) is 0 Å². The molecule has 1 aromatic carbocycles. The molecule has 0 bridgehead atoms. The normalized spacial score (nSPS) is 10.5. The maximum atomic E-state index is 11.3. The number of hydrogen-bond donors (Lipinski definition) is 3. The van der Waals surface area contributed by atoms with Crippen LogP contribution in [-0.4, -0.2) is 30.1 Å². The van der Waals surface area contributed by atoms with Crippen LogP contribution in [0.5, 0.6) is 0 Å². The van der Waals surface area contributed by atoms with E-state index in [1.807, 2.05) is 0 Å². The second kappa shape index (κ2) is 7.24. The first-order valence-corrected chi connectivity index (χ1v) is 5.60. The van der Waals surface area contributed by atoms with E-state index in [1.165, 1.54) is 6.08 Å². The van der Waals surface area contributed by atoms with Gasteiger partial charge in [0.05, 0.1) is 0 Å². The lowest BCUT2D eigenvalue weighted by molar-refractivity contribution is -0.116. The van der Waals surface area contributed by atoms with Gasteiger partial charge < -0.3 is 16.2 Å². The van der Waals surface area contributed by atoms with Crippen LogP contribution >= 0.6 is 0 Å². The molecular formula is C13H16N2O3. The Balaban J connectivity index is 2.51. The predicted octanol–water partition coefficient (Wildman–Crippen LogP) is 0.297. The Morgan fingerprint density at radius 3 is 2.50 bits per heavy atom. The van der Waals surface area contributed by atoms with Gasteiger partial charge in [0.15, 0.2) is 0 Å². The molecule has 0 aromatic heterocycles. The van der Waals surface area contributed by atoms with Crippen LogP contribution in [0.15, 0.2) is 30.3 Å². The molecule has 0 radical (unpaired) electrons. The number of benzene rings is 1. The summed E-state index contributed by atoms with van der Waals surface area (Å²) in [6.07, 6.45) is 3.57. The third-order valence-electron chi connectivity index (χ3n) is 2.26. The predicted molar refractivity (Wildman–Crippen MR) is 68.7 cm³/mol. The van der Waals surface area contributed by atoms with Crippen molar-refractivity contribution < 1.29 is 14.7 Å². The van der Waals surface area contributed by atoms with Crippen molar-refractivity contribution >= 4 is 17.9 Å². The van der Waals surface area contributed by atoms with E-state index in [2.05, 4.69) is 5.32 Å². The summed E-state index contributed by atoms with van der Waals surface area (Å²) in [5, 5.41) is 11.2. The summed E-state index contributed by atoms with van der Waals surface area (Å²) < 4.78 is 0. The molecule has 0 saturated carbocycles. The van der Waals surface area contributed by atoms with Crippen molar-refractivity contribution in [3.8, 4) is 0 Å². The van der Waals surface area contributed by atoms with E-state index >= 15 is 0 Å². The van der Waals surface area contributed by atoms with Crippen LogP contribution in [0.4, 0.5) is 0 Å². The van der Waals surface area contributed by atoms with Crippen LogP contribution in [0.3, 0.4) is 0 Å². The second-order valence-corrected chi connectivity index (χ2v) is 3.69. The van der Waals surface area contributed by atoms with Crippen LogP contribution in [0.1, 0.15) is 22.3 Å². The first kappa shape index (κ1) is 13.9. The quantitative estimate of drug-likeness (QED) is 0.499. The minimum atomic E-state index is -0.479. The third-order valence-corrected chi connectivity index (χ3v) is 2.26. The average molecular weight is 248 g/mol. The number of carbonyl (C=O) groups excluding carboxylic acids is 2. The summed E-state index contributed by atoms with van der Waals surface area (Å²) in [7, 11) is 0. The molecule has 5 heteroatoms. The molecule has 96 valence electrons. The Morgan fingerprint density at radius 1 is 1.28 bits per heavy atom. The summed E-state index contributed by atoms with van der Waals surface area (Å²) in [4.78, 5) is 22.2. The molecule has 0 unspecified atom stereocenters. The zero-order chi connectivity index (χ0) is 13.4. The van der Waals surface area contributed by atoms with Gasteiger partial charge in [0.25, 0.3) is 0 Å². The van der Waals surface area contributed by atoms with Crippen LogP contribution in [0.25, 0.3) is 6.08 Å². The SMILES string of the molecule is NC(=O)c1ccc(/C=C/C(=O)NCCCO)cc1. The number of hydrogen-bond acceptors (Lipinski definition) is 3. The molecule has 1 aromatic rings. The molecule has 0 heterocycles. The number of nitrogens with one attached hydrogen (secondary N) is 1. The van der Waals surface area contributed by atoms with E-state index in [-0.39, 0.29) is 12.5 Å². The molecule has 0 atom stereocenters. The van der Waals surface area contributed by atoms with E-state index in [9.17, 15) is 9.59 Å². The molecule has 0 aliphatic heterocycles. The summed E-state index contributed by atoms with van der Waals surface area (Å²) in [5.74, 6) is -0.699. The number of aliphatic hydroxyl groups excluding tert-OH is 1. The van der Waals surface area contributed by atoms with Gasteiger partial charge in [0, 0.05) is 24.8 Å². The molecule has 5 nitrogen and oxygen atoms in total. The fraction of sp³-hybridized carbons (Fsp3) is 0.231. The lowest BCUT2D eigenvalue weighted by Crippen LogP contribution is -2.22. The Kier molecular flexibility index (Phi) is 5.60. The van der Waals surface area contributed by atoms with Crippen molar-refractivity contribution in [3.63, 3.8) is 0 Å². The lowest BCUT2D eigenvalue weighted by Gasteiger charge is -1.99. The molecule has 18 heavy (non-hydrogen) atoms. The highest BCUT2D eigenvalue weighted by Gasteiger charge is 1.98. The minimum absolute atomic E-state index is 0.0541. The summed E-state index contributed by atoms with van der Waals surface area (Å²) in [5.41, 5.74) is 6.35. The van der Waals surface area contributed by atoms with Crippen LogP contribution in [-0.2, 0) is 4.79 Å². The molecule has 0 aliphatic carbocycles. The number of rotatable bonds is 6. The van der Waals surface area contributed by atoms with Crippen molar-refractivity contribution in [1.82, 2.24) is 5.32 Å². The Hall–Kier alpha value is -2.14. The fourth-order valence-electron chi connectivity index (χ4n) is 1.28. The topological polar surface area (TPSA) is 92.4 Å². The highest BCUT2D eigenvalue weighted by molar-refractivity contribution is 5.94. The van der Waals surface area contributed by atoms with Gasteiger partial charge in [-0.05, 0) is 30.2 Å². The van der Waals surface area contributed by atoms with Gasteiger partial charge in [-0.2, -0.15) is 0 Å². The lowest BCUT2D eigenvalue weighted by atomic mass is 10.1. The highest BCUT2D eigenvalue weighted by atomic mass is 16.3. The van der Waals surface area contributed by atoms with Gasteiger partial charge in [0.1, 0.15) is 0 Å². The van der Waals surface area contributed by atoms with E-state index < -0.39 is 5.91 Å². The van der Waals surface area contributed by atoms with Gasteiger partial charge in [-0.3, -0.25) is 9.59 Å². The van der Waals surface area contributed by atoms with Gasteiger partial charge >= 0.3 is 0 Å². The number of aliphatic hydroxyl groups is 1. The van der Waals surface area contributed by atoms with Crippen LogP contribution < -0.4 is 11.1 Å². The number of nitrogens with two attached hydrogens (primary N) is 1. The zero-order valence-corrected chi connectivity index (χ0v) is 9.93. The van der Waals surface area contributed by atoms with Crippen molar-refractivity contribution in [2.75, 3.05) is 13.2 Å². The summed E-state index contributed by atoms with van der Waals surface area (Å²) >= 11 is 0. The van der Waals surface area contributed by atoms with Crippen LogP contribution in [0, 0.1) is 0 Å². The summed E-state index contributed by atoms with van der Waals surface area (Å²) in [6, 6.07) is 6.62. The molecule has 0 spiro atoms. The largest absolute Gasteiger partial charge is 0.396 e. The standard InChI is InChI=1S/C13H16N2O3/c14-13(18)11-5-2-10(3-6-11)4-7-12(17)15-8-1-9-16/h2-7,16H,1,8-9H2,(H2,14,18)(H,15,17)/b7-4+. The Morgan fingerprint density at radius 2 is 1.94 bits per heavy atom. The average Bonchev–Trinajstić information content (AvgIpc) is 2.37. The van der Waals surface area contributed by atoms with E-state index in [1.54, 1.807) is 30.3 Å². The third kappa shape index (κ3) is 4.80. The number of primary amides is 1. The first-order valence-electron chi connectivity index (χ1n) is 5.60. The van der Waals surface area contributed by atoms with Crippen molar-refractivity contribution in [3.05, 3.63) is 41.5 Å². The molecule has 0 aliphatic rings. The maximum Gasteiger partial charge on any atom is 0.248 e. The molecule has 4 N–H and O–H groups in total. The second-order valence-electron chi connectivity index (χ2n) is 3.69. The number of amides is 2. The van der Waals surface area contributed by atoms with E-state index in [0.717, 1.165) is 5.56 Å². The molecular weight excluding hydrogens is 232 g/mol. The Labute approximate surface area is 105 Å².